The molecule has 0 spiro atoms. The van der Waals surface area contributed by atoms with Gasteiger partial charge in [-0.05, 0) is 43.0 Å². The zero-order valence-electron chi connectivity index (χ0n) is 20.4. The van der Waals surface area contributed by atoms with E-state index in [0.717, 1.165) is 27.8 Å². The molecule has 7 nitrogen and oxygen atoms in total. The van der Waals surface area contributed by atoms with Crippen molar-refractivity contribution in [2.45, 2.75) is 46.7 Å². The summed E-state index contributed by atoms with van der Waals surface area (Å²) in [4.78, 5) is 27.9. The Balaban J connectivity index is 2.42. The van der Waals surface area contributed by atoms with Crippen molar-refractivity contribution in [2.75, 3.05) is 23.7 Å². The van der Waals surface area contributed by atoms with Crippen LogP contribution in [0.2, 0.25) is 0 Å². The molecule has 0 radical (unpaired) electrons. The van der Waals surface area contributed by atoms with E-state index in [2.05, 4.69) is 5.32 Å². The van der Waals surface area contributed by atoms with E-state index in [1.165, 1.54) is 23.1 Å². The molecule has 2 aromatic rings. The quantitative estimate of drug-likeness (QED) is 0.521. The number of benzene rings is 2. The second-order valence-electron chi connectivity index (χ2n) is 8.82. The molecule has 0 saturated carbocycles. The van der Waals surface area contributed by atoms with Gasteiger partial charge in [-0.2, -0.15) is 0 Å². The van der Waals surface area contributed by atoms with E-state index >= 15 is 0 Å². The maximum absolute atomic E-state index is 13.8. The Morgan fingerprint density at radius 1 is 1.09 bits per heavy atom. The minimum Gasteiger partial charge on any atom is -0.354 e. The first-order valence-electron chi connectivity index (χ1n) is 11.3. The topological polar surface area (TPSA) is 86.8 Å². The first-order valence-corrected chi connectivity index (χ1v) is 13.1. The Morgan fingerprint density at radius 2 is 1.76 bits per heavy atom. The molecule has 186 valence electrons. The summed E-state index contributed by atoms with van der Waals surface area (Å²) in [5.41, 5.74) is 1.86. The smallest absolute Gasteiger partial charge is 0.244 e. The highest BCUT2D eigenvalue weighted by Gasteiger charge is 2.31. The third kappa shape index (κ3) is 7.83. The van der Waals surface area contributed by atoms with Crippen molar-refractivity contribution in [3.05, 3.63) is 65.5 Å². The predicted molar refractivity (Wildman–Crippen MR) is 132 cm³/mol. The van der Waals surface area contributed by atoms with Gasteiger partial charge in [0.1, 0.15) is 18.4 Å². The number of anilines is 1. The zero-order chi connectivity index (χ0) is 25.5. The van der Waals surface area contributed by atoms with Crippen LogP contribution in [0.15, 0.2) is 48.5 Å². The van der Waals surface area contributed by atoms with Gasteiger partial charge < -0.3 is 10.2 Å². The number of sulfonamides is 1. The summed E-state index contributed by atoms with van der Waals surface area (Å²) in [5.74, 6) is -1.23. The lowest BCUT2D eigenvalue weighted by atomic mass is 10.1. The van der Waals surface area contributed by atoms with Gasteiger partial charge in [0.2, 0.25) is 21.8 Å². The van der Waals surface area contributed by atoms with Crippen molar-refractivity contribution in [1.82, 2.24) is 10.2 Å². The minimum absolute atomic E-state index is 0.0451. The molecule has 34 heavy (non-hydrogen) atoms. The Labute approximate surface area is 202 Å². The van der Waals surface area contributed by atoms with Gasteiger partial charge in [-0.1, -0.05) is 56.7 Å². The predicted octanol–water partition coefficient (Wildman–Crippen LogP) is 3.48. The van der Waals surface area contributed by atoms with Crippen molar-refractivity contribution in [1.29, 1.82) is 0 Å². The Hall–Kier alpha value is -2.94. The highest BCUT2D eigenvalue weighted by Crippen LogP contribution is 2.20. The highest BCUT2D eigenvalue weighted by atomic mass is 32.2. The molecule has 0 aromatic heterocycles. The number of halogens is 1. The molecule has 1 N–H and O–H groups in total. The minimum atomic E-state index is -3.90. The summed E-state index contributed by atoms with van der Waals surface area (Å²) in [5, 5.41) is 2.87. The molecule has 0 aliphatic carbocycles. The van der Waals surface area contributed by atoms with E-state index < -0.39 is 34.3 Å². The first kappa shape index (κ1) is 27.3. The van der Waals surface area contributed by atoms with Gasteiger partial charge in [-0.3, -0.25) is 13.9 Å². The van der Waals surface area contributed by atoms with E-state index in [9.17, 15) is 22.4 Å². The summed E-state index contributed by atoms with van der Waals surface area (Å²) in [6.45, 7) is 7.71. The van der Waals surface area contributed by atoms with Crippen molar-refractivity contribution in [2.24, 2.45) is 5.92 Å². The van der Waals surface area contributed by atoms with Crippen LogP contribution in [0.4, 0.5) is 10.1 Å². The fraction of sp³-hybridized carbons (Fsp3) is 0.440. The molecule has 0 unspecified atom stereocenters. The summed E-state index contributed by atoms with van der Waals surface area (Å²) in [6.07, 6.45) is 1.31. The third-order valence-electron chi connectivity index (χ3n) is 5.28. The first-order chi connectivity index (χ1) is 15.9. The molecule has 9 heteroatoms. The molecule has 2 amide bonds. The summed E-state index contributed by atoms with van der Waals surface area (Å²) in [7, 11) is -3.90. The van der Waals surface area contributed by atoms with Crippen LogP contribution in [0.25, 0.3) is 0 Å². The Morgan fingerprint density at radius 3 is 2.32 bits per heavy atom. The van der Waals surface area contributed by atoms with Crippen molar-refractivity contribution in [3.63, 3.8) is 0 Å². The standard InChI is InChI=1S/C25H34FN3O4S/c1-6-23(25(31)27-15-18(2)3)28(16-20-10-7-9-19(4)13-20)24(30)17-29(34(5,32)33)22-12-8-11-21(26)14-22/h7-14,18,23H,6,15-17H2,1-5H3,(H,27,31)/t23-/m1/s1. The van der Waals surface area contributed by atoms with Gasteiger partial charge in [0, 0.05) is 13.1 Å². The van der Waals surface area contributed by atoms with Crippen LogP contribution in [-0.4, -0.2) is 50.5 Å². The van der Waals surface area contributed by atoms with Crippen molar-refractivity contribution >= 4 is 27.5 Å². The maximum atomic E-state index is 13.8. The third-order valence-corrected chi connectivity index (χ3v) is 6.42. The van der Waals surface area contributed by atoms with Gasteiger partial charge in [0.05, 0.1) is 11.9 Å². The number of aryl methyl sites for hydroxylation is 1. The largest absolute Gasteiger partial charge is 0.354 e. The number of amides is 2. The number of hydrogen-bond donors (Lipinski definition) is 1. The van der Waals surface area contributed by atoms with Crippen LogP contribution in [0.3, 0.4) is 0 Å². The average molecular weight is 492 g/mol. The SMILES string of the molecule is CC[C@H](C(=O)NCC(C)C)N(Cc1cccc(C)c1)C(=O)CN(c1cccc(F)c1)S(C)(=O)=O. The van der Waals surface area contributed by atoms with E-state index in [1.54, 1.807) is 6.92 Å². The molecule has 0 fully saturated rings. The monoisotopic (exact) mass is 491 g/mol. The lowest BCUT2D eigenvalue weighted by molar-refractivity contribution is -0.140. The van der Waals surface area contributed by atoms with Crippen LogP contribution in [0, 0.1) is 18.7 Å². The normalized spacial score (nSPS) is 12.3. The number of rotatable bonds is 11. The summed E-state index contributed by atoms with van der Waals surface area (Å²) < 4.78 is 39.7. The van der Waals surface area contributed by atoms with E-state index in [-0.39, 0.29) is 24.1 Å². The van der Waals surface area contributed by atoms with Crippen LogP contribution in [0.5, 0.6) is 0 Å². The van der Waals surface area contributed by atoms with Gasteiger partial charge in [-0.25, -0.2) is 12.8 Å². The van der Waals surface area contributed by atoms with Crippen LogP contribution in [-0.2, 0) is 26.2 Å². The average Bonchev–Trinajstić information content (AvgIpc) is 2.75. The Bertz CT molecular complexity index is 1100. The molecule has 0 aliphatic heterocycles. The number of carbonyl (C=O) groups is 2. The maximum Gasteiger partial charge on any atom is 0.244 e. The number of carbonyl (C=O) groups excluding carboxylic acids is 2. The lowest BCUT2D eigenvalue weighted by Crippen LogP contribution is -2.52. The van der Waals surface area contributed by atoms with Gasteiger partial charge in [0.25, 0.3) is 0 Å². The van der Waals surface area contributed by atoms with Crippen LogP contribution in [0.1, 0.15) is 38.3 Å². The van der Waals surface area contributed by atoms with Gasteiger partial charge >= 0.3 is 0 Å². The fourth-order valence-electron chi connectivity index (χ4n) is 3.59. The van der Waals surface area contributed by atoms with Crippen molar-refractivity contribution < 1.29 is 22.4 Å². The number of nitrogens with one attached hydrogen (secondary N) is 1. The van der Waals surface area contributed by atoms with Crippen molar-refractivity contribution in [3.8, 4) is 0 Å². The molecule has 0 bridgehead atoms. The van der Waals surface area contributed by atoms with Crippen LogP contribution < -0.4 is 9.62 Å². The molecule has 1 atom stereocenters. The highest BCUT2D eigenvalue weighted by molar-refractivity contribution is 7.92. The zero-order valence-corrected chi connectivity index (χ0v) is 21.2. The second kappa shape index (κ2) is 12.0. The Kier molecular flexibility index (Phi) is 9.61. The molecular formula is C25H34FN3O4S. The molecule has 0 aliphatic rings. The molecule has 0 saturated heterocycles. The van der Waals surface area contributed by atoms with E-state index in [0.29, 0.717) is 13.0 Å². The fourth-order valence-corrected chi connectivity index (χ4v) is 4.44. The molecular weight excluding hydrogens is 457 g/mol. The number of nitrogens with zero attached hydrogens (tertiary/aromatic N) is 2. The summed E-state index contributed by atoms with van der Waals surface area (Å²) >= 11 is 0. The van der Waals surface area contributed by atoms with Crippen LogP contribution >= 0.6 is 0 Å². The van der Waals surface area contributed by atoms with Gasteiger partial charge in [0.15, 0.2) is 0 Å². The summed E-state index contributed by atoms with van der Waals surface area (Å²) in [6, 6.07) is 11.8. The van der Waals surface area contributed by atoms with E-state index in [1.807, 2.05) is 45.0 Å². The second-order valence-corrected chi connectivity index (χ2v) is 10.7. The van der Waals surface area contributed by atoms with Gasteiger partial charge in [-0.15, -0.1) is 0 Å². The lowest BCUT2D eigenvalue weighted by Gasteiger charge is -2.33. The molecule has 2 aromatic carbocycles. The molecule has 2 rings (SSSR count). The molecule has 0 heterocycles. The number of hydrogen-bond acceptors (Lipinski definition) is 4. The van der Waals surface area contributed by atoms with E-state index in [4.69, 9.17) is 0 Å².